The largest absolute Gasteiger partial charge is 0.322 e. The molecule has 0 saturated carbocycles. The van der Waals surface area contributed by atoms with Gasteiger partial charge in [-0.25, -0.2) is 9.82 Å². The molecule has 0 heterocycles. The molecule has 0 aromatic heterocycles. The summed E-state index contributed by atoms with van der Waals surface area (Å²) in [5, 5.41) is 6.64. The van der Waals surface area contributed by atoms with E-state index in [1.165, 1.54) is 18.3 Å². The Hall–Kier alpha value is -3.80. The molecule has 0 aliphatic heterocycles. The molecule has 2 amide bonds. The Bertz CT molecular complexity index is 1010. The van der Waals surface area contributed by atoms with Gasteiger partial charge in [-0.2, -0.15) is 5.10 Å². The lowest BCUT2D eigenvalue weighted by molar-refractivity contribution is 0.0954. The third-order valence-corrected chi connectivity index (χ3v) is 3.93. The first-order valence-electron chi connectivity index (χ1n) is 8.58. The Kier molecular flexibility index (Phi) is 5.91. The van der Waals surface area contributed by atoms with E-state index >= 15 is 0 Å². The second-order valence-electron chi connectivity index (χ2n) is 6.15. The number of benzene rings is 3. The summed E-state index contributed by atoms with van der Waals surface area (Å²) in [5.74, 6) is -0.949. The second-order valence-corrected chi connectivity index (χ2v) is 6.15. The number of hydrazone groups is 1. The molecule has 3 rings (SSSR count). The molecule has 0 aliphatic carbocycles. The van der Waals surface area contributed by atoms with Gasteiger partial charge in [-0.15, -0.1) is 0 Å². The molecular formula is C22H18FN3O2. The van der Waals surface area contributed by atoms with E-state index < -0.39 is 5.91 Å². The highest BCUT2D eigenvalue weighted by Crippen LogP contribution is 2.12. The minimum atomic E-state index is -0.394. The SMILES string of the molecule is Cc1cccc(C(=O)Nc2ccc(C(=O)N/N=C/c3ccc(F)cc3)cc2)c1. The zero-order valence-electron chi connectivity index (χ0n) is 15.1. The fourth-order valence-electron chi connectivity index (χ4n) is 2.47. The summed E-state index contributed by atoms with van der Waals surface area (Å²) in [6.45, 7) is 1.92. The Morgan fingerprint density at radius 1 is 0.893 bits per heavy atom. The Balaban J connectivity index is 1.58. The molecule has 0 bridgehead atoms. The topological polar surface area (TPSA) is 70.6 Å². The van der Waals surface area contributed by atoms with E-state index in [-0.39, 0.29) is 11.7 Å². The summed E-state index contributed by atoms with van der Waals surface area (Å²) in [6, 6.07) is 19.5. The van der Waals surface area contributed by atoms with Crippen LogP contribution in [0.4, 0.5) is 10.1 Å². The lowest BCUT2D eigenvalue weighted by atomic mass is 10.1. The molecular weight excluding hydrogens is 357 g/mol. The smallest absolute Gasteiger partial charge is 0.271 e. The first kappa shape index (κ1) is 19.0. The van der Waals surface area contributed by atoms with Crippen LogP contribution in [-0.4, -0.2) is 18.0 Å². The van der Waals surface area contributed by atoms with Gasteiger partial charge in [0.25, 0.3) is 11.8 Å². The third kappa shape index (κ3) is 5.11. The van der Waals surface area contributed by atoms with Gasteiger partial charge in [-0.1, -0.05) is 29.8 Å². The van der Waals surface area contributed by atoms with Crippen molar-refractivity contribution in [2.45, 2.75) is 6.92 Å². The number of hydrogen-bond donors (Lipinski definition) is 2. The first-order chi connectivity index (χ1) is 13.5. The van der Waals surface area contributed by atoms with Crippen LogP contribution in [0.1, 0.15) is 31.8 Å². The van der Waals surface area contributed by atoms with Gasteiger partial charge in [0.15, 0.2) is 0 Å². The summed E-state index contributed by atoms with van der Waals surface area (Å²) in [6.07, 6.45) is 1.42. The van der Waals surface area contributed by atoms with Gasteiger partial charge in [-0.3, -0.25) is 9.59 Å². The average molecular weight is 375 g/mol. The molecule has 0 atom stereocenters. The number of hydrogen-bond acceptors (Lipinski definition) is 3. The van der Waals surface area contributed by atoms with Crippen molar-refractivity contribution in [1.82, 2.24) is 5.43 Å². The van der Waals surface area contributed by atoms with Gasteiger partial charge >= 0.3 is 0 Å². The average Bonchev–Trinajstić information content (AvgIpc) is 2.70. The maximum absolute atomic E-state index is 12.8. The highest BCUT2D eigenvalue weighted by Gasteiger charge is 2.08. The van der Waals surface area contributed by atoms with Crippen LogP contribution in [0.2, 0.25) is 0 Å². The highest BCUT2D eigenvalue weighted by atomic mass is 19.1. The first-order valence-corrected chi connectivity index (χ1v) is 8.58. The van der Waals surface area contributed by atoms with Crippen molar-refractivity contribution in [3.63, 3.8) is 0 Å². The van der Waals surface area contributed by atoms with Gasteiger partial charge < -0.3 is 5.32 Å². The van der Waals surface area contributed by atoms with E-state index in [9.17, 15) is 14.0 Å². The van der Waals surface area contributed by atoms with E-state index in [2.05, 4.69) is 15.8 Å². The normalized spacial score (nSPS) is 10.6. The van der Waals surface area contributed by atoms with Gasteiger partial charge in [0.1, 0.15) is 5.82 Å². The lowest BCUT2D eigenvalue weighted by Crippen LogP contribution is -2.17. The van der Waals surface area contributed by atoms with Crippen molar-refractivity contribution in [3.05, 3.63) is 101 Å². The maximum Gasteiger partial charge on any atom is 0.271 e. The molecule has 0 unspecified atom stereocenters. The second kappa shape index (κ2) is 8.73. The molecule has 3 aromatic carbocycles. The Morgan fingerprint density at radius 3 is 2.29 bits per heavy atom. The molecule has 0 aliphatic rings. The number of halogens is 1. The van der Waals surface area contributed by atoms with Crippen molar-refractivity contribution in [1.29, 1.82) is 0 Å². The van der Waals surface area contributed by atoms with Crippen LogP contribution < -0.4 is 10.7 Å². The third-order valence-electron chi connectivity index (χ3n) is 3.93. The number of amides is 2. The van der Waals surface area contributed by atoms with Gasteiger partial charge in [-0.05, 0) is 61.0 Å². The monoisotopic (exact) mass is 375 g/mol. The summed E-state index contributed by atoms with van der Waals surface area (Å²) >= 11 is 0. The molecule has 0 fully saturated rings. The summed E-state index contributed by atoms with van der Waals surface area (Å²) in [4.78, 5) is 24.4. The van der Waals surface area contributed by atoms with Crippen molar-refractivity contribution in [3.8, 4) is 0 Å². The molecule has 2 N–H and O–H groups in total. The Labute approximate surface area is 161 Å². The molecule has 0 saturated heterocycles. The number of carbonyl (C=O) groups excluding carboxylic acids is 2. The van der Waals surface area contributed by atoms with E-state index in [1.807, 2.05) is 19.1 Å². The zero-order valence-corrected chi connectivity index (χ0v) is 15.1. The molecule has 0 spiro atoms. The Morgan fingerprint density at radius 2 is 1.61 bits per heavy atom. The van der Waals surface area contributed by atoms with Crippen LogP contribution >= 0.6 is 0 Å². The minimum absolute atomic E-state index is 0.218. The van der Waals surface area contributed by atoms with Crippen LogP contribution in [0.5, 0.6) is 0 Å². The van der Waals surface area contributed by atoms with Crippen molar-refractivity contribution < 1.29 is 14.0 Å². The van der Waals surface area contributed by atoms with E-state index in [1.54, 1.807) is 48.5 Å². The van der Waals surface area contributed by atoms with Gasteiger partial charge in [0, 0.05) is 16.8 Å². The number of aryl methyl sites for hydroxylation is 1. The number of nitrogens with zero attached hydrogens (tertiary/aromatic N) is 1. The van der Waals surface area contributed by atoms with E-state index in [0.29, 0.717) is 22.4 Å². The summed E-state index contributed by atoms with van der Waals surface area (Å²) in [5.41, 5.74) is 5.61. The number of carbonyl (C=O) groups is 2. The highest BCUT2D eigenvalue weighted by molar-refractivity contribution is 6.04. The van der Waals surface area contributed by atoms with Crippen molar-refractivity contribution in [2.75, 3.05) is 5.32 Å². The standard InChI is InChI=1S/C22H18FN3O2/c1-15-3-2-4-18(13-15)21(27)25-20-11-7-17(8-12-20)22(28)26-24-14-16-5-9-19(23)10-6-16/h2-14H,1H3,(H,25,27)(H,26,28)/b24-14+. The predicted octanol–water partition coefficient (Wildman–Crippen LogP) is 4.15. The van der Waals surface area contributed by atoms with Crippen LogP contribution in [0.25, 0.3) is 0 Å². The van der Waals surface area contributed by atoms with Crippen LogP contribution in [-0.2, 0) is 0 Å². The molecule has 6 heteroatoms. The zero-order chi connectivity index (χ0) is 19.9. The van der Waals surface area contributed by atoms with E-state index in [0.717, 1.165) is 5.56 Å². The van der Waals surface area contributed by atoms with Crippen molar-refractivity contribution >= 4 is 23.7 Å². The van der Waals surface area contributed by atoms with Crippen LogP contribution in [0.3, 0.4) is 0 Å². The molecule has 5 nitrogen and oxygen atoms in total. The number of nitrogens with one attached hydrogen (secondary N) is 2. The predicted molar refractivity (Wildman–Crippen MR) is 107 cm³/mol. The molecule has 0 radical (unpaired) electrons. The molecule has 28 heavy (non-hydrogen) atoms. The fourth-order valence-corrected chi connectivity index (χ4v) is 2.47. The van der Waals surface area contributed by atoms with E-state index in [4.69, 9.17) is 0 Å². The lowest BCUT2D eigenvalue weighted by Gasteiger charge is -2.07. The minimum Gasteiger partial charge on any atom is -0.322 e. The molecule has 3 aromatic rings. The summed E-state index contributed by atoms with van der Waals surface area (Å²) in [7, 11) is 0. The summed E-state index contributed by atoms with van der Waals surface area (Å²) < 4.78 is 12.8. The quantitative estimate of drug-likeness (QED) is 0.519. The van der Waals surface area contributed by atoms with Gasteiger partial charge in [0.2, 0.25) is 0 Å². The van der Waals surface area contributed by atoms with Gasteiger partial charge in [0.05, 0.1) is 6.21 Å². The molecule has 140 valence electrons. The van der Waals surface area contributed by atoms with Crippen LogP contribution in [0.15, 0.2) is 77.9 Å². The van der Waals surface area contributed by atoms with Crippen molar-refractivity contribution in [2.24, 2.45) is 5.10 Å². The fraction of sp³-hybridized carbons (Fsp3) is 0.0455. The number of rotatable bonds is 5. The van der Waals surface area contributed by atoms with Crippen LogP contribution in [0, 0.1) is 12.7 Å². The number of anilines is 1. The maximum atomic E-state index is 12.8.